The summed E-state index contributed by atoms with van der Waals surface area (Å²) in [4.78, 5) is 25.3. The lowest BCUT2D eigenvalue weighted by Crippen LogP contribution is -2.31. The van der Waals surface area contributed by atoms with Gasteiger partial charge in [0.2, 0.25) is 0 Å². The minimum atomic E-state index is -3.93. The molecule has 4 rings (SSSR count). The van der Waals surface area contributed by atoms with E-state index in [-0.39, 0.29) is 16.2 Å². The van der Waals surface area contributed by atoms with Crippen LogP contribution >= 0.6 is 0 Å². The van der Waals surface area contributed by atoms with Gasteiger partial charge in [0.15, 0.2) is 6.10 Å². The minimum Gasteiger partial charge on any atom is -0.496 e. The number of fused-ring (bicyclic) bond motifs is 1. The number of anilines is 2. The van der Waals surface area contributed by atoms with Gasteiger partial charge in [-0.15, -0.1) is 0 Å². The summed E-state index contributed by atoms with van der Waals surface area (Å²) in [5.74, 6) is -1.25. The van der Waals surface area contributed by atoms with Crippen LogP contribution in [-0.2, 0) is 26.0 Å². The fourth-order valence-electron chi connectivity index (χ4n) is 3.73. The lowest BCUT2D eigenvalue weighted by atomic mass is 10.2. The zero-order chi connectivity index (χ0) is 24.3. The van der Waals surface area contributed by atoms with Crippen molar-refractivity contribution in [2.24, 2.45) is 0 Å². The number of benzene rings is 3. The topological polar surface area (TPSA) is 102 Å². The molecule has 0 aromatic heterocycles. The van der Waals surface area contributed by atoms with E-state index in [1.807, 2.05) is 18.2 Å². The second-order valence-corrected chi connectivity index (χ2v) is 9.58. The lowest BCUT2D eigenvalue weighted by Gasteiger charge is -2.20. The van der Waals surface area contributed by atoms with E-state index in [2.05, 4.69) is 5.32 Å². The number of carbonyl (C=O) groups is 2. The summed E-state index contributed by atoms with van der Waals surface area (Å²) in [6, 6.07) is 20.1. The Balaban J connectivity index is 1.56. The maximum atomic E-state index is 13.4. The maximum absolute atomic E-state index is 13.4. The van der Waals surface area contributed by atoms with Crippen LogP contribution in [0.3, 0.4) is 0 Å². The molecule has 0 saturated heterocycles. The van der Waals surface area contributed by atoms with E-state index in [1.54, 1.807) is 36.4 Å². The number of rotatable bonds is 7. The first-order chi connectivity index (χ1) is 16.3. The Hall–Kier alpha value is -3.85. The number of carbonyl (C=O) groups excluding carboxylic acids is 2. The van der Waals surface area contributed by atoms with Crippen LogP contribution in [0.15, 0.2) is 77.7 Å². The Morgan fingerprint density at radius 2 is 1.71 bits per heavy atom. The maximum Gasteiger partial charge on any atom is 0.342 e. The number of hydrogen-bond donors (Lipinski definition) is 1. The van der Waals surface area contributed by atoms with Crippen molar-refractivity contribution in [2.45, 2.75) is 24.3 Å². The summed E-state index contributed by atoms with van der Waals surface area (Å²) in [5.41, 5.74) is 2.04. The van der Waals surface area contributed by atoms with Crippen LogP contribution < -0.4 is 14.4 Å². The average molecular weight is 481 g/mol. The van der Waals surface area contributed by atoms with Gasteiger partial charge in [-0.05, 0) is 55.3 Å². The quantitative estimate of drug-likeness (QED) is 0.518. The average Bonchev–Trinajstić information content (AvgIpc) is 3.29. The first kappa shape index (κ1) is 23.3. The highest BCUT2D eigenvalue weighted by Gasteiger charge is 2.32. The SMILES string of the molecule is COc1ccc(S(=O)(=O)N2CCc3ccccc32)cc1C(=O)O[C@H](C)C(=O)Nc1ccccc1. The zero-order valence-corrected chi connectivity index (χ0v) is 19.5. The van der Waals surface area contributed by atoms with Gasteiger partial charge in [-0.3, -0.25) is 9.10 Å². The molecule has 3 aromatic rings. The number of nitrogens with one attached hydrogen (secondary N) is 1. The van der Waals surface area contributed by atoms with Crippen LogP contribution in [0.5, 0.6) is 5.75 Å². The van der Waals surface area contributed by atoms with Crippen LogP contribution in [0.1, 0.15) is 22.8 Å². The van der Waals surface area contributed by atoms with E-state index >= 15 is 0 Å². The molecule has 0 fully saturated rings. The standard InChI is InChI=1S/C25H24N2O6S/c1-17(24(28)26-19-9-4-3-5-10-19)33-25(29)21-16-20(12-13-23(21)32-2)34(30,31)27-15-14-18-8-6-7-11-22(18)27/h3-13,16-17H,14-15H2,1-2H3,(H,26,28)/t17-/m1/s1. The molecule has 0 radical (unpaired) electrons. The summed E-state index contributed by atoms with van der Waals surface area (Å²) in [6.07, 6.45) is -0.516. The van der Waals surface area contributed by atoms with Crippen molar-refractivity contribution in [3.63, 3.8) is 0 Å². The molecule has 9 heteroatoms. The van der Waals surface area contributed by atoms with Crippen LogP contribution in [0.25, 0.3) is 0 Å². The molecule has 8 nitrogen and oxygen atoms in total. The van der Waals surface area contributed by atoms with E-state index in [0.717, 1.165) is 5.56 Å². The van der Waals surface area contributed by atoms with Gasteiger partial charge >= 0.3 is 5.97 Å². The molecule has 1 aliphatic rings. The Morgan fingerprint density at radius 1 is 1.00 bits per heavy atom. The molecule has 0 spiro atoms. The fourth-order valence-corrected chi connectivity index (χ4v) is 5.26. The molecule has 1 atom stereocenters. The van der Waals surface area contributed by atoms with Crippen LogP contribution in [0.4, 0.5) is 11.4 Å². The highest BCUT2D eigenvalue weighted by molar-refractivity contribution is 7.92. The van der Waals surface area contributed by atoms with Gasteiger partial charge in [0.1, 0.15) is 11.3 Å². The van der Waals surface area contributed by atoms with Gasteiger partial charge in [-0.1, -0.05) is 36.4 Å². The predicted octanol–water partition coefficient (Wildman–Crippen LogP) is 3.63. The molecule has 3 aromatic carbocycles. The fraction of sp³-hybridized carbons (Fsp3) is 0.200. The van der Waals surface area contributed by atoms with Gasteiger partial charge < -0.3 is 14.8 Å². The number of para-hydroxylation sites is 2. The smallest absolute Gasteiger partial charge is 0.342 e. The summed E-state index contributed by atoms with van der Waals surface area (Å²) >= 11 is 0. The van der Waals surface area contributed by atoms with Crippen molar-refractivity contribution in [1.29, 1.82) is 0 Å². The van der Waals surface area contributed by atoms with E-state index in [1.165, 1.54) is 36.5 Å². The summed E-state index contributed by atoms with van der Waals surface area (Å²) in [5, 5.41) is 2.66. The van der Waals surface area contributed by atoms with Gasteiger partial charge in [0, 0.05) is 12.2 Å². The lowest BCUT2D eigenvalue weighted by molar-refractivity contribution is -0.123. The van der Waals surface area contributed by atoms with Crippen molar-refractivity contribution < 1.29 is 27.5 Å². The molecule has 1 aliphatic heterocycles. The van der Waals surface area contributed by atoms with Crippen molar-refractivity contribution in [1.82, 2.24) is 0 Å². The number of nitrogens with zero attached hydrogens (tertiary/aromatic N) is 1. The molecule has 0 aliphatic carbocycles. The molecule has 34 heavy (non-hydrogen) atoms. The molecular formula is C25H24N2O6S. The number of esters is 1. The predicted molar refractivity (Wildman–Crippen MR) is 128 cm³/mol. The highest BCUT2D eigenvalue weighted by atomic mass is 32.2. The van der Waals surface area contributed by atoms with E-state index in [0.29, 0.717) is 24.3 Å². The third-order valence-electron chi connectivity index (χ3n) is 5.52. The van der Waals surface area contributed by atoms with E-state index < -0.39 is 28.0 Å². The second kappa shape index (κ2) is 9.56. The minimum absolute atomic E-state index is 0.0710. The number of hydrogen-bond acceptors (Lipinski definition) is 6. The van der Waals surface area contributed by atoms with Crippen LogP contribution in [0, 0.1) is 0 Å². The monoisotopic (exact) mass is 480 g/mol. The highest BCUT2D eigenvalue weighted by Crippen LogP contribution is 2.34. The Bertz CT molecular complexity index is 1320. The van der Waals surface area contributed by atoms with E-state index in [9.17, 15) is 18.0 Å². The molecule has 0 unspecified atom stereocenters. The molecule has 1 N–H and O–H groups in total. The Morgan fingerprint density at radius 3 is 2.44 bits per heavy atom. The van der Waals surface area contributed by atoms with Gasteiger partial charge in [0.05, 0.1) is 17.7 Å². The zero-order valence-electron chi connectivity index (χ0n) is 18.7. The third kappa shape index (κ3) is 4.60. The van der Waals surface area contributed by atoms with Gasteiger partial charge in [0.25, 0.3) is 15.9 Å². The summed E-state index contributed by atoms with van der Waals surface area (Å²) in [6.45, 7) is 1.74. The Labute approximate surface area is 198 Å². The van der Waals surface area contributed by atoms with Gasteiger partial charge in [-0.25, -0.2) is 13.2 Å². The van der Waals surface area contributed by atoms with Crippen molar-refractivity contribution in [2.75, 3.05) is 23.3 Å². The third-order valence-corrected chi connectivity index (χ3v) is 7.33. The normalized spacial score (nSPS) is 13.6. The van der Waals surface area contributed by atoms with E-state index in [4.69, 9.17) is 9.47 Å². The van der Waals surface area contributed by atoms with Crippen molar-refractivity contribution >= 4 is 33.3 Å². The molecular weight excluding hydrogens is 456 g/mol. The van der Waals surface area contributed by atoms with Crippen LogP contribution in [0.2, 0.25) is 0 Å². The van der Waals surface area contributed by atoms with Gasteiger partial charge in [-0.2, -0.15) is 0 Å². The van der Waals surface area contributed by atoms with Crippen molar-refractivity contribution in [3.8, 4) is 5.75 Å². The number of sulfonamides is 1. The molecule has 0 bridgehead atoms. The largest absolute Gasteiger partial charge is 0.496 e. The number of amides is 1. The summed E-state index contributed by atoms with van der Waals surface area (Å²) < 4.78 is 38.6. The number of ether oxygens (including phenoxy) is 2. The summed E-state index contributed by atoms with van der Waals surface area (Å²) in [7, 11) is -2.56. The number of methoxy groups -OCH3 is 1. The molecule has 176 valence electrons. The molecule has 1 amide bonds. The first-order valence-corrected chi connectivity index (χ1v) is 12.1. The molecule has 0 saturated carbocycles. The van der Waals surface area contributed by atoms with Crippen molar-refractivity contribution in [3.05, 3.63) is 83.9 Å². The first-order valence-electron chi connectivity index (χ1n) is 10.7. The Kier molecular flexibility index (Phi) is 6.56. The second-order valence-electron chi connectivity index (χ2n) is 7.72. The molecule has 1 heterocycles. The van der Waals surface area contributed by atoms with Crippen LogP contribution in [-0.4, -0.2) is 40.1 Å².